The van der Waals surface area contributed by atoms with Crippen LogP contribution in [0.3, 0.4) is 0 Å². The summed E-state index contributed by atoms with van der Waals surface area (Å²) in [5.41, 5.74) is 1.35. The number of hydrogen-bond donors (Lipinski definition) is 1. The highest BCUT2D eigenvalue weighted by Crippen LogP contribution is 2.32. The Labute approximate surface area is 152 Å². The Morgan fingerprint density at radius 2 is 1.65 bits per heavy atom. The van der Waals surface area contributed by atoms with Crippen molar-refractivity contribution in [1.82, 2.24) is 4.90 Å². The van der Waals surface area contributed by atoms with Crippen LogP contribution in [-0.2, 0) is 9.84 Å². The Hall–Kier alpha value is -2.19. The molecule has 1 heterocycles. The Morgan fingerprint density at radius 1 is 0.962 bits per heavy atom. The first-order valence-electron chi connectivity index (χ1n) is 8.28. The lowest BCUT2D eigenvalue weighted by atomic mass is 10.2. The summed E-state index contributed by atoms with van der Waals surface area (Å²) in [6, 6.07) is 7.63. The molecule has 0 saturated carbocycles. The van der Waals surface area contributed by atoms with E-state index < -0.39 is 21.5 Å². The van der Waals surface area contributed by atoms with E-state index >= 15 is 0 Å². The van der Waals surface area contributed by atoms with E-state index in [0.29, 0.717) is 11.8 Å². The summed E-state index contributed by atoms with van der Waals surface area (Å²) >= 11 is 0. The van der Waals surface area contributed by atoms with Crippen molar-refractivity contribution in [2.45, 2.75) is 9.79 Å². The number of sulfone groups is 1. The molecule has 8 heteroatoms. The van der Waals surface area contributed by atoms with Gasteiger partial charge in [0.05, 0.1) is 15.5 Å². The second kappa shape index (κ2) is 7.20. The maximum Gasteiger partial charge on any atom is 0.208 e. The van der Waals surface area contributed by atoms with Gasteiger partial charge < -0.3 is 15.1 Å². The van der Waals surface area contributed by atoms with Crippen molar-refractivity contribution in [3.05, 3.63) is 48.0 Å². The molecule has 0 spiro atoms. The lowest BCUT2D eigenvalue weighted by Crippen LogP contribution is -2.44. The van der Waals surface area contributed by atoms with E-state index in [1.807, 2.05) is 0 Å². The van der Waals surface area contributed by atoms with Crippen LogP contribution in [0, 0.1) is 11.6 Å². The number of benzene rings is 2. The predicted molar refractivity (Wildman–Crippen MR) is 97.5 cm³/mol. The molecule has 0 aliphatic carbocycles. The second-order valence-corrected chi connectivity index (χ2v) is 8.22. The van der Waals surface area contributed by atoms with Gasteiger partial charge in [-0.25, -0.2) is 17.2 Å². The summed E-state index contributed by atoms with van der Waals surface area (Å²) in [5, 5.41) is 2.90. The molecule has 0 aromatic heterocycles. The van der Waals surface area contributed by atoms with Crippen LogP contribution in [-0.4, -0.2) is 53.6 Å². The summed E-state index contributed by atoms with van der Waals surface area (Å²) in [6.45, 7) is 3.58. The molecular weight excluding hydrogens is 360 g/mol. The van der Waals surface area contributed by atoms with E-state index in [4.69, 9.17) is 0 Å². The quantitative estimate of drug-likeness (QED) is 0.825. The van der Waals surface area contributed by atoms with E-state index in [-0.39, 0.29) is 9.79 Å². The molecule has 0 unspecified atom stereocenters. The van der Waals surface area contributed by atoms with Gasteiger partial charge in [-0.3, -0.25) is 0 Å². The first-order valence-corrected chi connectivity index (χ1v) is 9.76. The smallest absolute Gasteiger partial charge is 0.208 e. The van der Waals surface area contributed by atoms with Gasteiger partial charge >= 0.3 is 0 Å². The van der Waals surface area contributed by atoms with E-state index in [0.717, 1.165) is 44.0 Å². The zero-order chi connectivity index (χ0) is 18.9. The highest BCUT2D eigenvalue weighted by atomic mass is 32.2. The Balaban J connectivity index is 1.98. The second-order valence-electron chi connectivity index (χ2n) is 6.30. The fourth-order valence-electron chi connectivity index (χ4n) is 2.98. The summed E-state index contributed by atoms with van der Waals surface area (Å²) in [7, 11) is -0.278. The van der Waals surface area contributed by atoms with Gasteiger partial charge in [-0.1, -0.05) is 0 Å². The van der Waals surface area contributed by atoms with E-state index in [9.17, 15) is 17.2 Å². The zero-order valence-electron chi connectivity index (χ0n) is 14.7. The molecule has 140 valence electrons. The van der Waals surface area contributed by atoms with Crippen molar-refractivity contribution < 1.29 is 17.2 Å². The van der Waals surface area contributed by atoms with Gasteiger partial charge in [0.2, 0.25) is 9.84 Å². The third-order valence-corrected chi connectivity index (χ3v) is 6.40. The van der Waals surface area contributed by atoms with Crippen LogP contribution in [0.1, 0.15) is 0 Å². The van der Waals surface area contributed by atoms with Crippen molar-refractivity contribution in [2.24, 2.45) is 0 Å². The summed E-state index contributed by atoms with van der Waals surface area (Å²) in [5.74, 6) is -2.27. The molecule has 2 aromatic rings. The average Bonchev–Trinajstić information content (AvgIpc) is 2.64. The van der Waals surface area contributed by atoms with Gasteiger partial charge in [0.25, 0.3) is 0 Å². The molecule has 26 heavy (non-hydrogen) atoms. The first-order chi connectivity index (χ1) is 12.3. The van der Waals surface area contributed by atoms with Crippen LogP contribution in [0.2, 0.25) is 0 Å². The minimum Gasteiger partial charge on any atom is -0.387 e. The third kappa shape index (κ3) is 3.52. The molecule has 1 aliphatic heterocycles. The monoisotopic (exact) mass is 381 g/mol. The number of rotatable bonds is 4. The van der Waals surface area contributed by atoms with Gasteiger partial charge in [-0.05, 0) is 43.4 Å². The zero-order valence-corrected chi connectivity index (χ0v) is 15.5. The predicted octanol–water partition coefficient (Wildman–Crippen LogP) is 2.59. The number of anilines is 2. The molecule has 0 atom stereocenters. The largest absolute Gasteiger partial charge is 0.387 e. The molecule has 0 radical (unpaired) electrons. The highest BCUT2D eigenvalue weighted by Gasteiger charge is 2.24. The van der Waals surface area contributed by atoms with E-state index in [1.54, 1.807) is 19.2 Å². The van der Waals surface area contributed by atoms with Gasteiger partial charge in [0, 0.05) is 38.9 Å². The van der Waals surface area contributed by atoms with Crippen molar-refractivity contribution >= 4 is 21.2 Å². The Morgan fingerprint density at radius 3 is 2.27 bits per heavy atom. The summed E-state index contributed by atoms with van der Waals surface area (Å²) in [4.78, 5) is 4.18. The molecule has 5 nitrogen and oxygen atoms in total. The highest BCUT2D eigenvalue weighted by molar-refractivity contribution is 7.91. The number of piperazine rings is 1. The Bertz CT molecular complexity index is 911. The Kier molecular flexibility index (Phi) is 5.15. The van der Waals surface area contributed by atoms with Crippen LogP contribution in [0.15, 0.2) is 46.2 Å². The van der Waals surface area contributed by atoms with E-state index in [2.05, 4.69) is 22.2 Å². The maximum atomic E-state index is 13.5. The molecular formula is C18H21F2N3O2S. The summed E-state index contributed by atoms with van der Waals surface area (Å²) in [6.07, 6.45) is 0. The first kappa shape index (κ1) is 18.6. The molecule has 0 amide bonds. The fraction of sp³-hybridized carbons (Fsp3) is 0.333. The van der Waals surface area contributed by atoms with E-state index in [1.165, 1.54) is 6.07 Å². The lowest BCUT2D eigenvalue weighted by molar-refractivity contribution is 0.313. The standard InChI is InChI=1S/C18H21F2N3O2S/c1-21-17-11-13(23-9-7-22(2)8-10-23)3-6-18(17)26(24,25)14-4-5-15(19)16(20)12-14/h3-6,11-12,21H,7-10H2,1-2H3. The maximum absolute atomic E-state index is 13.5. The van der Waals surface area contributed by atoms with Crippen LogP contribution < -0.4 is 10.2 Å². The molecule has 0 bridgehead atoms. The number of hydrogen-bond acceptors (Lipinski definition) is 5. The van der Waals surface area contributed by atoms with Crippen molar-refractivity contribution in [1.29, 1.82) is 0 Å². The molecule has 1 aliphatic rings. The molecule has 2 aromatic carbocycles. The van der Waals surface area contributed by atoms with Crippen molar-refractivity contribution in [3.63, 3.8) is 0 Å². The number of likely N-dealkylation sites (N-methyl/N-ethyl adjacent to an activating group) is 1. The van der Waals surface area contributed by atoms with Crippen LogP contribution >= 0.6 is 0 Å². The summed E-state index contributed by atoms with van der Waals surface area (Å²) < 4.78 is 52.3. The van der Waals surface area contributed by atoms with Crippen molar-refractivity contribution in [2.75, 3.05) is 50.5 Å². The van der Waals surface area contributed by atoms with Gasteiger partial charge in [0.15, 0.2) is 11.6 Å². The third-order valence-electron chi connectivity index (χ3n) is 4.59. The minimum atomic E-state index is -3.97. The van der Waals surface area contributed by atoms with Gasteiger partial charge in [-0.2, -0.15) is 0 Å². The van der Waals surface area contributed by atoms with Crippen LogP contribution in [0.25, 0.3) is 0 Å². The number of halogens is 2. The minimum absolute atomic E-state index is 0.0314. The van der Waals surface area contributed by atoms with Gasteiger partial charge in [-0.15, -0.1) is 0 Å². The van der Waals surface area contributed by atoms with Crippen LogP contribution in [0.4, 0.5) is 20.2 Å². The molecule has 3 rings (SSSR count). The average molecular weight is 381 g/mol. The topological polar surface area (TPSA) is 52.6 Å². The normalized spacial score (nSPS) is 15.9. The fourth-order valence-corrected chi connectivity index (χ4v) is 4.44. The number of nitrogens with zero attached hydrogens (tertiary/aromatic N) is 2. The molecule has 1 N–H and O–H groups in total. The molecule has 1 fully saturated rings. The van der Waals surface area contributed by atoms with Gasteiger partial charge in [0.1, 0.15) is 0 Å². The lowest BCUT2D eigenvalue weighted by Gasteiger charge is -2.34. The van der Waals surface area contributed by atoms with Crippen molar-refractivity contribution in [3.8, 4) is 0 Å². The molecule has 1 saturated heterocycles. The van der Waals surface area contributed by atoms with Crippen LogP contribution in [0.5, 0.6) is 0 Å². The SMILES string of the molecule is CNc1cc(N2CCN(C)CC2)ccc1S(=O)(=O)c1ccc(F)c(F)c1. The number of nitrogens with one attached hydrogen (secondary N) is 1.